The minimum Gasteiger partial charge on any atom is -0.457 e. The molecule has 0 bridgehead atoms. The number of para-hydroxylation sites is 1. The summed E-state index contributed by atoms with van der Waals surface area (Å²) >= 11 is 0. The SMILES string of the molecule is O=C1NC(=O)C2(CC2c2ccc(Oc3ccccc3)cc2)C(=O)N1. The summed E-state index contributed by atoms with van der Waals surface area (Å²) in [6, 6.07) is 15.9. The average Bonchev–Trinajstić information content (AvgIpc) is 3.32. The topological polar surface area (TPSA) is 84.5 Å². The van der Waals surface area contributed by atoms with Gasteiger partial charge in [0.1, 0.15) is 16.9 Å². The van der Waals surface area contributed by atoms with E-state index in [2.05, 4.69) is 10.6 Å². The van der Waals surface area contributed by atoms with E-state index in [0.29, 0.717) is 12.2 Å². The maximum Gasteiger partial charge on any atom is 0.328 e. The Kier molecular flexibility index (Phi) is 3.13. The Balaban J connectivity index is 1.52. The van der Waals surface area contributed by atoms with E-state index in [-0.39, 0.29) is 5.92 Å². The molecule has 6 nitrogen and oxygen atoms in total. The number of urea groups is 1. The molecule has 1 unspecified atom stereocenters. The van der Waals surface area contributed by atoms with E-state index in [4.69, 9.17) is 4.74 Å². The number of ether oxygens (including phenoxy) is 1. The molecular weight excluding hydrogens is 308 g/mol. The van der Waals surface area contributed by atoms with Crippen LogP contribution in [0.4, 0.5) is 4.79 Å². The molecule has 0 radical (unpaired) electrons. The summed E-state index contributed by atoms with van der Waals surface area (Å²) in [5.74, 6) is 0.137. The summed E-state index contributed by atoms with van der Waals surface area (Å²) in [7, 11) is 0. The molecule has 4 amide bonds. The summed E-state index contributed by atoms with van der Waals surface area (Å²) in [6.45, 7) is 0. The van der Waals surface area contributed by atoms with E-state index in [1.54, 1.807) is 12.1 Å². The van der Waals surface area contributed by atoms with Crippen LogP contribution in [0.2, 0.25) is 0 Å². The van der Waals surface area contributed by atoms with E-state index in [9.17, 15) is 14.4 Å². The maximum absolute atomic E-state index is 12.1. The van der Waals surface area contributed by atoms with Gasteiger partial charge in [0.25, 0.3) is 0 Å². The summed E-state index contributed by atoms with van der Waals surface area (Å²) < 4.78 is 5.72. The molecule has 1 aliphatic carbocycles. The van der Waals surface area contributed by atoms with E-state index >= 15 is 0 Å². The Bertz CT molecular complexity index is 810. The first-order valence-electron chi connectivity index (χ1n) is 7.59. The molecule has 1 saturated heterocycles. The van der Waals surface area contributed by atoms with Crippen LogP contribution in [0.5, 0.6) is 11.5 Å². The standard InChI is InChI=1S/C18H14N2O4/c21-15-18(16(22)20-17(23)19-15)10-14(18)11-6-8-13(9-7-11)24-12-4-2-1-3-5-12/h1-9,14H,10H2,(H2,19,20,21,22,23). The first kappa shape index (κ1) is 14.4. The Morgan fingerprint density at radius 1 is 0.833 bits per heavy atom. The monoisotopic (exact) mass is 322 g/mol. The molecule has 24 heavy (non-hydrogen) atoms. The molecule has 120 valence electrons. The van der Waals surface area contributed by atoms with Crippen LogP contribution in [-0.2, 0) is 9.59 Å². The zero-order valence-corrected chi connectivity index (χ0v) is 12.6. The minimum absolute atomic E-state index is 0.226. The van der Waals surface area contributed by atoms with Crippen molar-refractivity contribution in [3.05, 3.63) is 60.2 Å². The highest BCUT2D eigenvalue weighted by Crippen LogP contribution is 2.60. The first-order valence-corrected chi connectivity index (χ1v) is 7.59. The van der Waals surface area contributed by atoms with Crippen LogP contribution in [0.1, 0.15) is 17.9 Å². The molecule has 1 atom stereocenters. The van der Waals surface area contributed by atoms with Crippen LogP contribution in [-0.4, -0.2) is 17.8 Å². The van der Waals surface area contributed by atoms with E-state index in [1.165, 1.54) is 0 Å². The lowest BCUT2D eigenvalue weighted by molar-refractivity contribution is -0.138. The predicted octanol–water partition coefficient (Wildman–Crippen LogP) is 2.32. The number of barbiturate groups is 1. The van der Waals surface area contributed by atoms with Gasteiger partial charge in [0, 0.05) is 5.92 Å². The Hall–Kier alpha value is -3.15. The molecule has 1 spiro atoms. The van der Waals surface area contributed by atoms with Gasteiger partial charge in [-0.1, -0.05) is 30.3 Å². The normalized spacial score (nSPS) is 21.2. The Labute approximate surface area is 137 Å². The number of carbonyl (C=O) groups is 3. The number of imide groups is 2. The number of hydrogen-bond donors (Lipinski definition) is 2. The third-order valence-corrected chi connectivity index (χ3v) is 4.49. The van der Waals surface area contributed by atoms with Crippen LogP contribution in [0, 0.1) is 5.41 Å². The van der Waals surface area contributed by atoms with Crippen molar-refractivity contribution >= 4 is 17.8 Å². The fourth-order valence-corrected chi connectivity index (χ4v) is 3.12. The lowest BCUT2D eigenvalue weighted by Crippen LogP contribution is -2.57. The highest BCUT2D eigenvalue weighted by atomic mass is 16.5. The van der Waals surface area contributed by atoms with Crippen LogP contribution in [0.3, 0.4) is 0 Å². The number of hydrogen-bond acceptors (Lipinski definition) is 4. The number of nitrogens with one attached hydrogen (secondary N) is 2. The number of benzene rings is 2. The van der Waals surface area contributed by atoms with Gasteiger partial charge in [-0.2, -0.15) is 0 Å². The third kappa shape index (κ3) is 2.23. The van der Waals surface area contributed by atoms with Crippen LogP contribution < -0.4 is 15.4 Å². The van der Waals surface area contributed by atoms with Gasteiger partial charge in [0.2, 0.25) is 11.8 Å². The molecule has 1 saturated carbocycles. The Morgan fingerprint density at radius 3 is 2.04 bits per heavy atom. The molecule has 2 aromatic rings. The molecule has 2 aliphatic rings. The number of carbonyl (C=O) groups excluding carboxylic acids is 3. The Morgan fingerprint density at radius 2 is 1.42 bits per heavy atom. The quantitative estimate of drug-likeness (QED) is 0.849. The smallest absolute Gasteiger partial charge is 0.328 e. The van der Waals surface area contributed by atoms with Crippen LogP contribution in [0.15, 0.2) is 54.6 Å². The highest BCUT2D eigenvalue weighted by Gasteiger charge is 2.68. The fourth-order valence-electron chi connectivity index (χ4n) is 3.12. The zero-order chi connectivity index (χ0) is 16.7. The third-order valence-electron chi connectivity index (χ3n) is 4.49. The fraction of sp³-hybridized carbons (Fsp3) is 0.167. The van der Waals surface area contributed by atoms with Crippen molar-refractivity contribution in [1.29, 1.82) is 0 Å². The lowest BCUT2D eigenvalue weighted by atomic mass is 9.95. The van der Waals surface area contributed by atoms with Crippen LogP contribution >= 0.6 is 0 Å². The predicted molar refractivity (Wildman–Crippen MR) is 84.4 cm³/mol. The van der Waals surface area contributed by atoms with Gasteiger partial charge in [-0.15, -0.1) is 0 Å². The van der Waals surface area contributed by atoms with Crippen molar-refractivity contribution in [3.63, 3.8) is 0 Å². The highest BCUT2D eigenvalue weighted by molar-refractivity contribution is 6.22. The molecule has 0 aromatic heterocycles. The van der Waals surface area contributed by atoms with Crippen LogP contribution in [0.25, 0.3) is 0 Å². The second-order valence-electron chi connectivity index (χ2n) is 5.95. The van der Waals surface area contributed by atoms with Crippen molar-refractivity contribution in [1.82, 2.24) is 10.6 Å². The molecule has 6 heteroatoms. The molecule has 2 fully saturated rings. The van der Waals surface area contributed by atoms with Gasteiger partial charge in [-0.05, 0) is 36.2 Å². The van der Waals surface area contributed by atoms with Crippen molar-refractivity contribution in [2.75, 3.05) is 0 Å². The molecule has 2 N–H and O–H groups in total. The number of amides is 4. The van der Waals surface area contributed by atoms with Crippen molar-refractivity contribution < 1.29 is 19.1 Å². The van der Waals surface area contributed by atoms with Gasteiger partial charge < -0.3 is 4.74 Å². The maximum atomic E-state index is 12.1. The minimum atomic E-state index is -1.16. The van der Waals surface area contributed by atoms with E-state index < -0.39 is 23.3 Å². The molecular formula is C18H14N2O4. The molecule has 1 heterocycles. The van der Waals surface area contributed by atoms with Gasteiger partial charge in [0.15, 0.2) is 0 Å². The summed E-state index contributed by atoms with van der Waals surface area (Å²) in [6.07, 6.45) is 0.400. The largest absolute Gasteiger partial charge is 0.457 e. The second-order valence-corrected chi connectivity index (χ2v) is 5.95. The average molecular weight is 322 g/mol. The second kappa shape index (κ2) is 5.19. The summed E-state index contributed by atoms with van der Waals surface area (Å²) in [4.78, 5) is 35.3. The molecule has 4 rings (SSSR count). The van der Waals surface area contributed by atoms with Gasteiger partial charge in [-0.25, -0.2) is 4.79 Å². The summed E-state index contributed by atoms with van der Waals surface area (Å²) in [5, 5.41) is 4.34. The summed E-state index contributed by atoms with van der Waals surface area (Å²) in [5.41, 5.74) is -0.287. The molecule has 1 aliphatic heterocycles. The number of rotatable bonds is 3. The van der Waals surface area contributed by atoms with E-state index in [1.807, 2.05) is 42.5 Å². The lowest BCUT2D eigenvalue weighted by Gasteiger charge is -2.21. The van der Waals surface area contributed by atoms with E-state index in [0.717, 1.165) is 11.3 Å². The van der Waals surface area contributed by atoms with Crippen molar-refractivity contribution in [2.24, 2.45) is 5.41 Å². The van der Waals surface area contributed by atoms with Crippen molar-refractivity contribution in [3.8, 4) is 11.5 Å². The van der Waals surface area contributed by atoms with Gasteiger partial charge in [0.05, 0.1) is 0 Å². The van der Waals surface area contributed by atoms with Crippen molar-refractivity contribution in [2.45, 2.75) is 12.3 Å². The van der Waals surface area contributed by atoms with Gasteiger partial charge in [-0.3, -0.25) is 20.2 Å². The van der Waals surface area contributed by atoms with Gasteiger partial charge >= 0.3 is 6.03 Å². The zero-order valence-electron chi connectivity index (χ0n) is 12.6. The first-order chi connectivity index (χ1) is 11.6. The molecule has 2 aromatic carbocycles.